The number of benzene rings is 2. The molecule has 0 amide bonds. The molecule has 0 bridgehead atoms. The Hall–Kier alpha value is -3.09. The van der Waals surface area contributed by atoms with Crippen molar-refractivity contribution in [3.63, 3.8) is 0 Å². The Labute approximate surface area is 148 Å². The Bertz CT molecular complexity index is 910. The highest BCUT2D eigenvalue weighted by atomic mass is 19.1. The van der Waals surface area contributed by atoms with Crippen molar-refractivity contribution in [2.24, 2.45) is 5.16 Å². The molecule has 3 aromatic rings. The van der Waals surface area contributed by atoms with E-state index < -0.39 is 23.6 Å². The van der Waals surface area contributed by atoms with Crippen molar-refractivity contribution >= 4 is 5.71 Å². The number of imidazole rings is 1. The van der Waals surface area contributed by atoms with E-state index in [0.717, 1.165) is 12.1 Å². The molecule has 0 saturated heterocycles. The zero-order valence-corrected chi connectivity index (χ0v) is 13.9. The maximum absolute atomic E-state index is 14.2. The van der Waals surface area contributed by atoms with Gasteiger partial charge in [-0.3, -0.25) is 0 Å². The Kier molecular flexibility index (Phi) is 5.36. The predicted octanol–water partition coefficient (Wildman–Crippen LogP) is 4.48. The lowest BCUT2D eigenvalue weighted by atomic mass is 10.1. The number of aromatic nitrogens is 2. The number of oxime groups is 1. The van der Waals surface area contributed by atoms with Crippen molar-refractivity contribution in [3.8, 4) is 0 Å². The third kappa shape index (κ3) is 4.11. The van der Waals surface area contributed by atoms with E-state index in [4.69, 9.17) is 4.84 Å². The van der Waals surface area contributed by atoms with Crippen LogP contribution in [0.25, 0.3) is 0 Å². The Morgan fingerprint density at radius 1 is 1.15 bits per heavy atom. The lowest BCUT2D eigenvalue weighted by Crippen LogP contribution is -2.13. The molecule has 1 aromatic heterocycles. The number of rotatable bonds is 6. The minimum absolute atomic E-state index is 0.144. The summed E-state index contributed by atoms with van der Waals surface area (Å²) in [6, 6.07) is 9.38. The fourth-order valence-corrected chi connectivity index (χ4v) is 2.48. The highest BCUT2D eigenvalue weighted by molar-refractivity contribution is 5.98. The van der Waals surface area contributed by atoms with Gasteiger partial charge in [0.1, 0.15) is 17.5 Å². The first-order chi connectivity index (χ1) is 12.5. The van der Waals surface area contributed by atoms with Crippen molar-refractivity contribution < 1.29 is 18.0 Å². The molecular formula is C19H16F3N3O. The molecule has 2 aromatic carbocycles. The fourth-order valence-electron chi connectivity index (χ4n) is 2.48. The van der Waals surface area contributed by atoms with Crippen LogP contribution in [0.2, 0.25) is 0 Å². The van der Waals surface area contributed by atoms with Crippen LogP contribution >= 0.6 is 0 Å². The lowest BCUT2D eigenvalue weighted by molar-refractivity contribution is 0.0431. The van der Waals surface area contributed by atoms with Crippen LogP contribution in [-0.4, -0.2) is 15.3 Å². The normalized spacial score (nSPS) is 12.8. The molecule has 1 atom stereocenters. The van der Waals surface area contributed by atoms with E-state index in [-0.39, 0.29) is 17.7 Å². The third-order valence-corrected chi connectivity index (χ3v) is 3.83. The maximum Gasteiger partial charge on any atom is 0.173 e. The van der Waals surface area contributed by atoms with Gasteiger partial charge in [0.2, 0.25) is 0 Å². The Morgan fingerprint density at radius 3 is 2.65 bits per heavy atom. The summed E-state index contributed by atoms with van der Waals surface area (Å²) in [5.74, 6) is -1.86. The summed E-state index contributed by atoms with van der Waals surface area (Å²) in [7, 11) is 0. The van der Waals surface area contributed by atoms with Gasteiger partial charge in [-0.2, -0.15) is 0 Å². The molecule has 1 unspecified atom stereocenters. The first kappa shape index (κ1) is 17.7. The molecule has 0 spiro atoms. The molecule has 7 heteroatoms. The van der Waals surface area contributed by atoms with E-state index in [1.807, 2.05) is 0 Å². The van der Waals surface area contributed by atoms with Gasteiger partial charge in [-0.25, -0.2) is 18.2 Å². The number of hydrogen-bond donors (Lipinski definition) is 0. The van der Waals surface area contributed by atoms with Gasteiger partial charge in [0.15, 0.2) is 6.10 Å². The van der Waals surface area contributed by atoms with Crippen molar-refractivity contribution in [3.05, 3.63) is 89.8 Å². The zero-order valence-electron chi connectivity index (χ0n) is 13.9. The minimum atomic E-state index is -0.841. The number of hydrogen-bond acceptors (Lipinski definition) is 3. The summed E-state index contributed by atoms with van der Waals surface area (Å²) in [6.07, 6.45) is 3.97. The zero-order chi connectivity index (χ0) is 18.5. The molecule has 1 heterocycles. The van der Waals surface area contributed by atoms with Crippen LogP contribution in [-0.2, 0) is 11.4 Å². The molecule has 0 aliphatic rings. The molecule has 3 rings (SSSR count). The Morgan fingerprint density at radius 2 is 1.96 bits per heavy atom. The van der Waals surface area contributed by atoms with Gasteiger partial charge < -0.3 is 9.40 Å². The summed E-state index contributed by atoms with van der Waals surface area (Å²) in [6.45, 7) is 1.80. The molecule has 0 fully saturated rings. The third-order valence-electron chi connectivity index (χ3n) is 3.83. The highest BCUT2D eigenvalue weighted by Gasteiger charge is 2.19. The smallest absolute Gasteiger partial charge is 0.173 e. The molecular weight excluding hydrogens is 343 g/mol. The average Bonchev–Trinajstić information content (AvgIpc) is 3.12. The van der Waals surface area contributed by atoms with E-state index in [9.17, 15) is 13.2 Å². The number of nitrogens with zero attached hydrogens (tertiary/aromatic N) is 3. The van der Waals surface area contributed by atoms with E-state index in [1.54, 1.807) is 48.4 Å². The molecule has 0 aliphatic carbocycles. The molecule has 0 aliphatic heterocycles. The standard InChI is InChI=1S/C19H16F3N3O/c1-13(15-4-2-3-5-17(15)21)24-26-19(11-25-9-8-23-12-25)16-7-6-14(20)10-18(16)22/h2-10,12,19H,11H2,1H3/b24-13+. The largest absolute Gasteiger partial charge is 0.385 e. The monoisotopic (exact) mass is 359 g/mol. The number of halogens is 3. The van der Waals surface area contributed by atoms with E-state index in [1.165, 1.54) is 12.1 Å². The van der Waals surface area contributed by atoms with Crippen LogP contribution in [0.3, 0.4) is 0 Å². The maximum atomic E-state index is 14.2. The molecule has 134 valence electrons. The van der Waals surface area contributed by atoms with Gasteiger partial charge in [-0.05, 0) is 25.1 Å². The molecule has 0 radical (unpaired) electrons. The second kappa shape index (κ2) is 7.86. The van der Waals surface area contributed by atoms with Crippen LogP contribution in [0, 0.1) is 17.5 Å². The van der Waals surface area contributed by atoms with Crippen molar-refractivity contribution in [2.45, 2.75) is 19.6 Å². The van der Waals surface area contributed by atoms with Gasteiger partial charge in [-0.1, -0.05) is 23.4 Å². The van der Waals surface area contributed by atoms with Crippen LogP contribution in [0.15, 0.2) is 66.3 Å². The van der Waals surface area contributed by atoms with Gasteiger partial charge in [0.05, 0.1) is 18.6 Å². The lowest BCUT2D eigenvalue weighted by Gasteiger charge is -2.17. The highest BCUT2D eigenvalue weighted by Crippen LogP contribution is 2.24. The van der Waals surface area contributed by atoms with Gasteiger partial charge >= 0.3 is 0 Å². The topological polar surface area (TPSA) is 39.4 Å². The molecule has 26 heavy (non-hydrogen) atoms. The van der Waals surface area contributed by atoms with Gasteiger partial charge in [-0.15, -0.1) is 0 Å². The second-order valence-corrected chi connectivity index (χ2v) is 5.68. The first-order valence-electron chi connectivity index (χ1n) is 7.90. The van der Waals surface area contributed by atoms with Crippen molar-refractivity contribution in [1.29, 1.82) is 0 Å². The Balaban J connectivity index is 1.88. The van der Waals surface area contributed by atoms with Crippen molar-refractivity contribution in [2.75, 3.05) is 0 Å². The molecule has 0 saturated carbocycles. The SMILES string of the molecule is C/C(=N\OC(Cn1ccnc1)c1ccc(F)cc1F)c1ccccc1F. The van der Waals surface area contributed by atoms with E-state index in [2.05, 4.69) is 10.1 Å². The summed E-state index contributed by atoms with van der Waals surface area (Å²) in [5, 5.41) is 3.96. The summed E-state index contributed by atoms with van der Waals surface area (Å²) in [4.78, 5) is 9.43. The molecule has 0 N–H and O–H groups in total. The van der Waals surface area contributed by atoms with E-state index >= 15 is 0 Å². The summed E-state index contributed by atoms with van der Waals surface area (Å²) < 4.78 is 42.9. The first-order valence-corrected chi connectivity index (χ1v) is 7.90. The average molecular weight is 359 g/mol. The van der Waals surface area contributed by atoms with Crippen LogP contribution in [0.5, 0.6) is 0 Å². The van der Waals surface area contributed by atoms with Crippen LogP contribution in [0.4, 0.5) is 13.2 Å². The van der Waals surface area contributed by atoms with Crippen LogP contribution in [0.1, 0.15) is 24.2 Å². The van der Waals surface area contributed by atoms with Crippen molar-refractivity contribution in [1.82, 2.24) is 9.55 Å². The van der Waals surface area contributed by atoms with E-state index in [0.29, 0.717) is 5.71 Å². The predicted molar refractivity (Wildman–Crippen MR) is 91.0 cm³/mol. The minimum Gasteiger partial charge on any atom is -0.385 e. The van der Waals surface area contributed by atoms with Crippen LogP contribution < -0.4 is 0 Å². The fraction of sp³-hybridized carbons (Fsp3) is 0.158. The quantitative estimate of drug-likeness (QED) is 0.481. The molecule has 4 nitrogen and oxygen atoms in total. The summed E-state index contributed by atoms with van der Waals surface area (Å²) in [5.41, 5.74) is 0.736. The second-order valence-electron chi connectivity index (χ2n) is 5.68. The van der Waals surface area contributed by atoms with Gasteiger partial charge in [0, 0.05) is 29.6 Å². The summed E-state index contributed by atoms with van der Waals surface area (Å²) >= 11 is 0. The van der Waals surface area contributed by atoms with Gasteiger partial charge in [0.25, 0.3) is 0 Å².